The number of benzene rings is 1. The summed E-state index contributed by atoms with van der Waals surface area (Å²) in [6, 6.07) is 6.51. The topological polar surface area (TPSA) is 78.4 Å². The first-order chi connectivity index (χ1) is 13.0. The molecule has 1 aromatic carbocycles. The van der Waals surface area contributed by atoms with Crippen LogP contribution in [0.3, 0.4) is 0 Å². The van der Waals surface area contributed by atoms with Crippen LogP contribution in [0.15, 0.2) is 18.2 Å². The van der Waals surface area contributed by atoms with Crippen molar-refractivity contribution in [1.82, 2.24) is 10.6 Å². The molecular weight excluding hydrogens is 376 g/mol. The molecule has 1 saturated heterocycles. The summed E-state index contributed by atoms with van der Waals surface area (Å²) in [5.41, 5.74) is 3.18. The molecule has 0 unspecified atom stereocenters. The van der Waals surface area contributed by atoms with Crippen LogP contribution in [-0.2, 0) is 4.79 Å². The largest absolute Gasteiger partial charge is 0.481 e. The number of hydrogen-bond donors (Lipinski definition) is 3. The number of carboxylic acids is 1. The van der Waals surface area contributed by atoms with Gasteiger partial charge in [-0.15, -0.1) is 12.4 Å². The van der Waals surface area contributed by atoms with Crippen molar-refractivity contribution >= 4 is 24.3 Å². The lowest BCUT2D eigenvalue weighted by Crippen LogP contribution is -2.38. The number of carbonyl (C=O) groups is 2. The Bertz CT molecular complexity index is 666. The molecule has 0 radical (unpaired) electrons. The number of aryl methyl sites for hydroxylation is 1. The summed E-state index contributed by atoms with van der Waals surface area (Å²) >= 11 is 0. The number of halogens is 1. The van der Waals surface area contributed by atoms with E-state index in [0.717, 1.165) is 69.2 Å². The van der Waals surface area contributed by atoms with Crippen LogP contribution in [-0.4, -0.2) is 36.1 Å². The monoisotopic (exact) mass is 408 g/mol. The highest BCUT2D eigenvalue weighted by molar-refractivity contribution is 5.95. The maximum Gasteiger partial charge on any atom is 0.303 e. The second-order valence-electron chi connectivity index (χ2n) is 8.22. The third kappa shape index (κ3) is 6.21. The van der Waals surface area contributed by atoms with Gasteiger partial charge in [0, 0.05) is 18.0 Å². The highest BCUT2D eigenvalue weighted by Gasteiger charge is 2.24. The van der Waals surface area contributed by atoms with Crippen LogP contribution in [0.25, 0.3) is 0 Å². The minimum atomic E-state index is -0.714. The number of aliphatic carboxylic acids is 1. The number of piperidine rings is 1. The van der Waals surface area contributed by atoms with Crippen molar-refractivity contribution in [2.24, 2.45) is 5.92 Å². The van der Waals surface area contributed by atoms with Crippen molar-refractivity contribution in [1.29, 1.82) is 0 Å². The van der Waals surface area contributed by atoms with Crippen molar-refractivity contribution in [2.75, 3.05) is 13.1 Å². The van der Waals surface area contributed by atoms with Gasteiger partial charge in [0.25, 0.3) is 5.91 Å². The van der Waals surface area contributed by atoms with Crippen LogP contribution in [0, 0.1) is 12.8 Å². The molecule has 28 heavy (non-hydrogen) atoms. The molecule has 0 spiro atoms. The molecule has 0 bridgehead atoms. The summed E-state index contributed by atoms with van der Waals surface area (Å²) in [7, 11) is 0. The minimum Gasteiger partial charge on any atom is -0.481 e. The van der Waals surface area contributed by atoms with Gasteiger partial charge in [0.05, 0.1) is 0 Å². The molecule has 5 nitrogen and oxygen atoms in total. The second-order valence-corrected chi connectivity index (χ2v) is 8.22. The lowest BCUT2D eigenvalue weighted by atomic mass is 9.83. The Hall–Kier alpha value is -1.59. The van der Waals surface area contributed by atoms with E-state index in [9.17, 15) is 9.59 Å². The van der Waals surface area contributed by atoms with Gasteiger partial charge in [0.1, 0.15) is 0 Å². The Labute approximate surface area is 174 Å². The average Bonchev–Trinajstić information content (AvgIpc) is 2.68. The van der Waals surface area contributed by atoms with Crippen LogP contribution in [0.1, 0.15) is 78.8 Å². The molecule has 1 aliphatic heterocycles. The van der Waals surface area contributed by atoms with Crippen molar-refractivity contribution < 1.29 is 14.7 Å². The summed E-state index contributed by atoms with van der Waals surface area (Å²) in [5.74, 6) is 0.399. The minimum absolute atomic E-state index is 0. The molecule has 0 aromatic heterocycles. The van der Waals surface area contributed by atoms with Crippen molar-refractivity contribution in [3.8, 4) is 0 Å². The highest BCUT2D eigenvalue weighted by Crippen LogP contribution is 2.29. The van der Waals surface area contributed by atoms with Crippen molar-refractivity contribution in [2.45, 2.75) is 70.3 Å². The number of nitrogens with one attached hydrogen (secondary N) is 2. The van der Waals surface area contributed by atoms with E-state index in [1.54, 1.807) is 0 Å². The molecule has 1 aliphatic carbocycles. The first-order valence-corrected chi connectivity index (χ1v) is 10.4. The molecule has 156 valence electrons. The smallest absolute Gasteiger partial charge is 0.303 e. The summed E-state index contributed by atoms with van der Waals surface area (Å²) < 4.78 is 0. The molecule has 1 aromatic rings. The average molecular weight is 409 g/mol. The predicted molar refractivity (Wildman–Crippen MR) is 113 cm³/mol. The second kappa shape index (κ2) is 10.8. The third-order valence-corrected chi connectivity index (χ3v) is 6.25. The number of amides is 1. The number of carbonyl (C=O) groups excluding carboxylic acids is 1. The van der Waals surface area contributed by atoms with Gasteiger partial charge in [-0.05, 0) is 94.0 Å². The van der Waals surface area contributed by atoms with E-state index in [4.69, 9.17) is 5.11 Å². The first kappa shape index (κ1) is 22.7. The van der Waals surface area contributed by atoms with E-state index in [1.165, 1.54) is 5.56 Å². The summed E-state index contributed by atoms with van der Waals surface area (Å²) in [6.07, 6.45) is 7.24. The van der Waals surface area contributed by atoms with Gasteiger partial charge in [0.15, 0.2) is 0 Å². The standard InChI is InChI=1S/C22H32N2O3.ClH/c1-15-14-18(17-10-12-23-13-11-17)5-8-20(15)22(27)24-19-6-2-16(3-7-19)4-9-21(25)26;/h5,8,14,16-17,19,23H,2-4,6-7,9-13H2,1H3,(H,24,27)(H,25,26);1H. The Kier molecular flexibility index (Phi) is 8.77. The van der Waals surface area contributed by atoms with Crippen molar-refractivity contribution in [3.63, 3.8) is 0 Å². The summed E-state index contributed by atoms with van der Waals surface area (Å²) in [5, 5.41) is 15.4. The van der Waals surface area contributed by atoms with E-state index in [2.05, 4.69) is 22.8 Å². The van der Waals surface area contributed by atoms with Gasteiger partial charge in [-0.3, -0.25) is 9.59 Å². The lowest BCUT2D eigenvalue weighted by molar-refractivity contribution is -0.137. The van der Waals surface area contributed by atoms with Gasteiger partial charge >= 0.3 is 5.97 Å². The summed E-state index contributed by atoms with van der Waals surface area (Å²) in [4.78, 5) is 23.4. The van der Waals surface area contributed by atoms with Crippen LogP contribution in [0.4, 0.5) is 0 Å². The fourth-order valence-corrected chi connectivity index (χ4v) is 4.54. The fourth-order valence-electron chi connectivity index (χ4n) is 4.54. The van der Waals surface area contributed by atoms with Gasteiger partial charge in [-0.25, -0.2) is 0 Å². The maximum atomic E-state index is 12.7. The molecule has 3 rings (SSSR count). The lowest BCUT2D eigenvalue weighted by Gasteiger charge is -2.29. The molecule has 3 N–H and O–H groups in total. The Morgan fingerprint density at radius 1 is 1.11 bits per heavy atom. The molecule has 1 amide bonds. The SMILES string of the molecule is Cc1cc(C2CCNCC2)ccc1C(=O)NC1CCC(CCC(=O)O)CC1.Cl. The fraction of sp³-hybridized carbons (Fsp3) is 0.636. The zero-order valence-corrected chi connectivity index (χ0v) is 17.5. The summed E-state index contributed by atoms with van der Waals surface area (Å²) in [6.45, 7) is 4.17. The van der Waals surface area contributed by atoms with Gasteiger partial charge in [0.2, 0.25) is 0 Å². The number of carboxylic acid groups (broad SMARTS) is 1. The van der Waals surface area contributed by atoms with E-state index in [1.807, 2.05) is 13.0 Å². The number of hydrogen-bond acceptors (Lipinski definition) is 3. The molecular formula is C22H33ClN2O3. The zero-order chi connectivity index (χ0) is 19.2. The van der Waals surface area contributed by atoms with Crippen LogP contribution in [0.5, 0.6) is 0 Å². The first-order valence-electron chi connectivity index (χ1n) is 10.4. The van der Waals surface area contributed by atoms with Gasteiger partial charge in [-0.1, -0.05) is 12.1 Å². The molecule has 6 heteroatoms. The molecule has 1 saturated carbocycles. The van der Waals surface area contributed by atoms with Crippen molar-refractivity contribution in [3.05, 3.63) is 34.9 Å². The quantitative estimate of drug-likeness (QED) is 0.663. The van der Waals surface area contributed by atoms with E-state index in [0.29, 0.717) is 11.8 Å². The zero-order valence-electron chi connectivity index (χ0n) is 16.7. The molecule has 1 heterocycles. The van der Waals surface area contributed by atoms with E-state index in [-0.39, 0.29) is 30.8 Å². The Balaban J connectivity index is 0.00000280. The molecule has 2 fully saturated rings. The molecule has 0 atom stereocenters. The highest BCUT2D eigenvalue weighted by atomic mass is 35.5. The normalized spacial score (nSPS) is 22.9. The molecule has 2 aliphatic rings. The van der Waals surface area contributed by atoms with Gasteiger partial charge < -0.3 is 15.7 Å². The van der Waals surface area contributed by atoms with E-state index < -0.39 is 5.97 Å². The number of rotatable bonds is 6. The van der Waals surface area contributed by atoms with Gasteiger partial charge in [-0.2, -0.15) is 0 Å². The van der Waals surface area contributed by atoms with Crippen LogP contribution < -0.4 is 10.6 Å². The van der Waals surface area contributed by atoms with Crippen LogP contribution in [0.2, 0.25) is 0 Å². The third-order valence-electron chi connectivity index (χ3n) is 6.25. The Morgan fingerprint density at radius 2 is 1.79 bits per heavy atom. The predicted octanol–water partition coefficient (Wildman–Crippen LogP) is 4.04. The van der Waals surface area contributed by atoms with E-state index >= 15 is 0 Å². The van der Waals surface area contributed by atoms with Crippen LogP contribution >= 0.6 is 12.4 Å². The Morgan fingerprint density at radius 3 is 2.39 bits per heavy atom. The maximum absolute atomic E-state index is 12.7.